The molecule has 3 aromatic rings. The van der Waals surface area contributed by atoms with Crippen LogP contribution >= 0.6 is 0 Å². The van der Waals surface area contributed by atoms with Gasteiger partial charge in [0.25, 0.3) is 0 Å². The number of alkyl halides is 3. The monoisotopic (exact) mass is 391 g/mol. The molecule has 28 heavy (non-hydrogen) atoms. The maximum Gasteiger partial charge on any atom is 0.416 e. The SMILES string of the molecule is COc1cccc(CN(C)Cc2nc(Cc3cccc(C(F)(F)F)c3)no2)c1. The summed E-state index contributed by atoms with van der Waals surface area (Å²) < 4.78 is 48.9. The third-order valence-electron chi connectivity index (χ3n) is 4.12. The molecule has 0 saturated carbocycles. The lowest BCUT2D eigenvalue weighted by atomic mass is 10.1. The molecule has 0 aliphatic carbocycles. The average molecular weight is 391 g/mol. The number of rotatable bonds is 7. The van der Waals surface area contributed by atoms with E-state index in [0.717, 1.165) is 23.4 Å². The zero-order valence-electron chi connectivity index (χ0n) is 15.5. The van der Waals surface area contributed by atoms with Gasteiger partial charge in [-0.1, -0.05) is 35.5 Å². The first-order chi connectivity index (χ1) is 13.3. The van der Waals surface area contributed by atoms with Crippen LogP contribution in [0.25, 0.3) is 0 Å². The van der Waals surface area contributed by atoms with Crippen LogP contribution in [0.15, 0.2) is 53.1 Å². The fraction of sp³-hybridized carbons (Fsp3) is 0.300. The van der Waals surface area contributed by atoms with Gasteiger partial charge in [-0.15, -0.1) is 0 Å². The topological polar surface area (TPSA) is 51.4 Å². The van der Waals surface area contributed by atoms with Gasteiger partial charge < -0.3 is 9.26 Å². The van der Waals surface area contributed by atoms with Crippen molar-refractivity contribution in [2.45, 2.75) is 25.7 Å². The molecule has 1 aromatic heterocycles. The van der Waals surface area contributed by atoms with Gasteiger partial charge in [-0.2, -0.15) is 18.2 Å². The minimum atomic E-state index is -4.37. The van der Waals surface area contributed by atoms with Crippen molar-refractivity contribution in [3.8, 4) is 5.75 Å². The summed E-state index contributed by atoms with van der Waals surface area (Å²) in [6.45, 7) is 1.08. The molecule has 1 heterocycles. The first kappa shape index (κ1) is 19.9. The van der Waals surface area contributed by atoms with Crippen molar-refractivity contribution in [2.24, 2.45) is 0 Å². The molecule has 0 saturated heterocycles. The first-order valence-corrected chi connectivity index (χ1v) is 8.62. The lowest BCUT2D eigenvalue weighted by Crippen LogP contribution is -2.17. The Morgan fingerprint density at radius 1 is 1.04 bits per heavy atom. The quantitative estimate of drug-likeness (QED) is 0.600. The van der Waals surface area contributed by atoms with Gasteiger partial charge in [0.05, 0.1) is 19.2 Å². The van der Waals surface area contributed by atoms with Crippen molar-refractivity contribution in [3.63, 3.8) is 0 Å². The van der Waals surface area contributed by atoms with Crippen molar-refractivity contribution in [3.05, 3.63) is 76.9 Å². The molecule has 3 rings (SSSR count). The van der Waals surface area contributed by atoms with Crippen LogP contribution in [0.2, 0.25) is 0 Å². The lowest BCUT2D eigenvalue weighted by Gasteiger charge is -2.14. The third-order valence-corrected chi connectivity index (χ3v) is 4.12. The summed E-state index contributed by atoms with van der Waals surface area (Å²) in [7, 11) is 3.53. The highest BCUT2D eigenvalue weighted by Crippen LogP contribution is 2.29. The van der Waals surface area contributed by atoms with E-state index in [-0.39, 0.29) is 6.42 Å². The number of halogens is 3. The average Bonchev–Trinajstić information content (AvgIpc) is 3.08. The number of methoxy groups -OCH3 is 1. The molecule has 0 aliphatic rings. The first-order valence-electron chi connectivity index (χ1n) is 8.62. The number of ether oxygens (including phenoxy) is 1. The van der Waals surface area contributed by atoms with Crippen molar-refractivity contribution in [2.75, 3.05) is 14.2 Å². The Morgan fingerprint density at radius 3 is 2.54 bits per heavy atom. The van der Waals surface area contributed by atoms with Crippen LogP contribution in [-0.2, 0) is 25.7 Å². The summed E-state index contributed by atoms with van der Waals surface area (Å²) >= 11 is 0. The highest BCUT2D eigenvalue weighted by Gasteiger charge is 2.30. The Morgan fingerprint density at radius 2 is 1.79 bits per heavy atom. The molecule has 0 radical (unpaired) electrons. The summed E-state index contributed by atoms with van der Waals surface area (Å²) in [5, 5.41) is 3.88. The molecule has 0 unspecified atom stereocenters. The third kappa shape index (κ3) is 5.32. The summed E-state index contributed by atoms with van der Waals surface area (Å²) in [6.07, 6.45) is -4.20. The second-order valence-electron chi connectivity index (χ2n) is 6.50. The lowest BCUT2D eigenvalue weighted by molar-refractivity contribution is -0.137. The second kappa shape index (κ2) is 8.43. The molecule has 148 valence electrons. The van der Waals surface area contributed by atoms with Crippen molar-refractivity contribution >= 4 is 0 Å². The highest BCUT2D eigenvalue weighted by atomic mass is 19.4. The molecule has 8 heteroatoms. The molecular formula is C20H20F3N3O2. The molecule has 0 bridgehead atoms. The van der Waals surface area contributed by atoms with Crippen molar-refractivity contribution in [1.82, 2.24) is 15.0 Å². The van der Waals surface area contributed by atoms with Crippen LogP contribution in [0.1, 0.15) is 28.4 Å². The standard InChI is InChI=1S/C20H20F3N3O2/c1-26(12-15-6-4-8-17(10-15)27-2)13-19-24-18(25-28-19)11-14-5-3-7-16(9-14)20(21,22)23/h3-10H,11-13H2,1-2H3. The minimum absolute atomic E-state index is 0.174. The second-order valence-corrected chi connectivity index (χ2v) is 6.50. The molecule has 0 N–H and O–H groups in total. The molecule has 0 fully saturated rings. The van der Waals surface area contributed by atoms with Crippen LogP contribution in [0.3, 0.4) is 0 Å². The zero-order valence-corrected chi connectivity index (χ0v) is 15.5. The summed E-state index contributed by atoms with van der Waals surface area (Å²) in [4.78, 5) is 6.28. The van der Waals surface area contributed by atoms with Crippen molar-refractivity contribution < 1.29 is 22.4 Å². The minimum Gasteiger partial charge on any atom is -0.497 e. The number of nitrogens with zero attached hydrogens (tertiary/aromatic N) is 3. The van der Waals surface area contributed by atoms with Gasteiger partial charge >= 0.3 is 6.18 Å². The van der Waals surface area contributed by atoms with E-state index in [1.165, 1.54) is 6.07 Å². The van der Waals surface area contributed by atoms with Crippen LogP contribution < -0.4 is 4.74 Å². The molecule has 0 amide bonds. The fourth-order valence-electron chi connectivity index (χ4n) is 2.84. The number of aromatic nitrogens is 2. The maximum atomic E-state index is 12.8. The summed E-state index contributed by atoms with van der Waals surface area (Å²) in [5.41, 5.74) is 0.865. The smallest absolute Gasteiger partial charge is 0.416 e. The molecule has 0 aliphatic heterocycles. The van der Waals surface area contributed by atoms with Gasteiger partial charge in [0, 0.05) is 13.0 Å². The van der Waals surface area contributed by atoms with Gasteiger partial charge in [-0.3, -0.25) is 4.90 Å². The normalized spacial score (nSPS) is 11.8. The zero-order chi connectivity index (χ0) is 20.1. The Bertz CT molecular complexity index is 925. The number of benzene rings is 2. The predicted molar refractivity (Wildman–Crippen MR) is 96.7 cm³/mol. The molecule has 2 aromatic carbocycles. The summed E-state index contributed by atoms with van der Waals surface area (Å²) in [6, 6.07) is 12.9. The Kier molecular flexibility index (Phi) is 5.99. The van der Waals surface area contributed by atoms with E-state index in [0.29, 0.717) is 30.4 Å². The summed E-state index contributed by atoms with van der Waals surface area (Å²) in [5.74, 6) is 1.54. The van der Waals surface area contributed by atoms with Crippen LogP contribution in [-0.4, -0.2) is 29.2 Å². The van der Waals surface area contributed by atoms with E-state index < -0.39 is 11.7 Å². The highest BCUT2D eigenvalue weighted by molar-refractivity contribution is 5.29. The fourth-order valence-corrected chi connectivity index (χ4v) is 2.84. The Hall–Kier alpha value is -2.87. The van der Waals surface area contributed by atoms with Crippen LogP contribution in [0, 0.1) is 0 Å². The van der Waals surface area contributed by atoms with Crippen LogP contribution in [0.4, 0.5) is 13.2 Å². The maximum absolute atomic E-state index is 12.8. The van der Waals surface area contributed by atoms with E-state index in [1.54, 1.807) is 13.2 Å². The van der Waals surface area contributed by atoms with E-state index in [4.69, 9.17) is 9.26 Å². The number of hydrogen-bond acceptors (Lipinski definition) is 5. The van der Waals surface area contributed by atoms with Gasteiger partial charge in [-0.25, -0.2) is 0 Å². The van der Waals surface area contributed by atoms with Crippen LogP contribution in [0.5, 0.6) is 5.75 Å². The van der Waals surface area contributed by atoms with E-state index in [2.05, 4.69) is 10.1 Å². The van der Waals surface area contributed by atoms with Gasteiger partial charge in [0.2, 0.25) is 5.89 Å². The predicted octanol–water partition coefficient (Wildman–Crippen LogP) is 4.32. The Labute approximate surface area is 160 Å². The van der Waals surface area contributed by atoms with Gasteiger partial charge in [-0.05, 0) is 36.4 Å². The largest absolute Gasteiger partial charge is 0.497 e. The van der Waals surface area contributed by atoms with E-state index >= 15 is 0 Å². The molecule has 0 atom stereocenters. The van der Waals surface area contributed by atoms with E-state index in [9.17, 15) is 13.2 Å². The van der Waals surface area contributed by atoms with Gasteiger partial charge in [0.15, 0.2) is 5.82 Å². The van der Waals surface area contributed by atoms with Gasteiger partial charge in [0.1, 0.15) is 5.75 Å². The molecule has 5 nitrogen and oxygen atoms in total. The van der Waals surface area contributed by atoms with Crippen molar-refractivity contribution in [1.29, 1.82) is 0 Å². The van der Waals surface area contributed by atoms with E-state index in [1.807, 2.05) is 36.2 Å². The molecular weight excluding hydrogens is 371 g/mol. The Balaban J connectivity index is 1.61. The number of hydrogen-bond donors (Lipinski definition) is 0. The molecule has 0 spiro atoms.